The number of benzene rings is 2. The molecule has 2 aromatic rings. The summed E-state index contributed by atoms with van der Waals surface area (Å²) in [5.74, 6) is -0.258. The van der Waals surface area contributed by atoms with E-state index in [0.29, 0.717) is 36.3 Å². The Morgan fingerprint density at radius 2 is 2.00 bits per heavy atom. The van der Waals surface area contributed by atoms with Crippen molar-refractivity contribution in [1.82, 2.24) is 10.2 Å². The monoisotopic (exact) mass is 408 g/mol. The molecule has 2 amide bonds. The fourth-order valence-corrected chi connectivity index (χ4v) is 5.43. The molecule has 4 atom stereocenters. The number of amides is 2. The number of hydrogen-bond acceptors (Lipinski definition) is 3. The Bertz CT molecular complexity index is 995. The molecule has 3 fully saturated rings. The number of hydrogen-bond donors (Lipinski definition) is 1. The van der Waals surface area contributed by atoms with Crippen LogP contribution in [-0.4, -0.2) is 48.1 Å². The first-order valence-corrected chi connectivity index (χ1v) is 10.5. The van der Waals surface area contributed by atoms with Crippen LogP contribution in [0.2, 0.25) is 0 Å². The average Bonchev–Trinajstić information content (AvgIpc) is 3.42. The summed E-state index contributed by atoms with van der Waals surface area (Å²) >= 11 is 0. The molecule has 2 aromatic carbocycles. The molecular weight excluding hydrogens is 383 g/mol. The molecule has 3 heterocycles. The van der Waals surface area contributed by atoms with E-state index in [4.69, 9.17) is 4.74 Å². The summed E-state index contributed by atoms with van der Waals surface area (Å²) in [5, 5.41) is 2.97. The number of nitrogens with zero attached hydrogens (tertiary/aromatic N) is 1. The summed E-state index contributed by atoms with van der Waals surface area (Å²) in [6.45, 7) is 3.39. The van der Waals surface area contributed by atoms with Crippen molar-refractivity contribution in [2.24, 2.45) is 11.8 Å². The molecule has 0 aliphatic carbocycles. The van der Waals surface area contributed by atoms with Crippen LogP contribution in [0.1, 0.15) is 39.1 Å². The van der Waals surface area contributed by atoms with Crippen molar-refractivity contribution in [3.63, 3.8) is 0 Å². The number of halogens is 1. The maximum absolute atomic E-state index is 13.8. The Morgan fingerprint density at radius 1 is 1.20 bits per heavy atom. The average molecular weight is 408 g/mol. The highest BCUT2D eigenvalue weighted by molar-refractivity contribution is 5.95. The first-order valence-electron chi connectivity index (χ1n) is 10.5. The highest BCUT2D eigenvalue weighted by atomic mass is 19.1. The lowest BCUT2D eigenvalue weighted by molar-refractivity contribution is 0.00317. The number of rotatable bonds is 4. The number of ether oxygens (including phenoxy) is 1. The number of carbonyl (C=O) groups is 2. The van der Waals surface area contributed by atoms with E-state index in [-0.39, 0.29) is 41.2 Å². The fourth-order valence-electron chi connectivity index (χ4n) is 5.43. The van der Waals surface area contributed by atoms with Crippen molar-refractivity contribution < 1.29 is 18.7 Å². The predicted octanol–water partition coefficient (Wildman–Crippen LogP) is 3.18. The summed E-state index contributed by atoms with van der Waals surface area (Å²) < 4.78 is 20.2. The normalized spacial score (nSPS) is 29.1. The molecule has 1 N–H and O–H groups in total. The molecule has 3 aliphatic rings. The van der Waals surface area contributed by atoms with E-state index in [0.717, 1.165) is 12.8 Å². The van der Waals surface area contributed by atoms with Gasteiger partial charge in [-0.25, -0.2) is 4.39 Å². The summed E-state index contributed by atoms with van der Waals surface area (Å²) in [6.07, 6.45) is 2.01. The van der Waals surface area contributed by atoms with Gasteiger partial charge in [0, 0.05) is 36.1 Å². The number of carbonyl (C=O) groups excluding carboxylic acids is 2. The van der Waals surface area contributed by atoms with Crippen LogP contribution in [0.5, 0.6) is 0 Å². The van der Waals surface area contributed by atoms with Crippen LogP contribution < -0.4 is 5.32 Å². The molecule has 3 saturated heterocycles. The zero-order valence-corrected chi connectivity index (χ0v) is 16.9. The minimum Gasteiger partial charge on any atom is -0.369 e. The molecule has 6 heteroatoms. The lowest BCUT2D eigenvalue weighted by atomic mass is 9.73. The van der Waals surface area contributed by atoms with E-state index in [1.165, 1.54) is 6.07 Å². The van der Waals surface area contributed by atoms with Crippen LogP contribution in [0.4, 0.5) is 4.39 Å². The molecular formula is C24H25FN2O3. The SMILES string of the molecule is Cc1ccc(C(=O)NC[C@H]2[C@H]3CN(C(=O)c4ccccc4)C[C@]34CC[C@H]2O4)cc1F. The zero-order chi connectivity index (χ0) is 20.9. The summed E-state index contributed by atoms with van der Waals surface area (Å²) in [7, 11) is 0. The van der Waals surface area contributed by atoms with Crippen LogP contribution in [0, 0.1) is 24.6 Å². The second-order valence-corrected chi connectivity index (χ2v) is 8.76. The van der Waals surface area contributed by atoms with E-state index < -0.39 is 0 Å². The van der Waals surface area contributed by atoms with E-state index in [2.05, 4.69) is 5.32 Å². The van der Waals surface area contributed by atoms with Gasteiger partial charge in [-0.15, -0.1) is 0 Å². The minimum absolute atomic E-state index is 0.0318. The van der Waals surface area contributed by atoms with Gasteiger partial charge in [0.05, 0.1) is 18.2 Å². The third-order valence-corrected chi connectivity index (χ3v) is 7.02. The molecule has 0 radical (unpaired) electrons. The van der Waals surface area contributed by atoms with E-state index in [1.54, 1.807) is 19.1 Å². The molecule has 30 heavy (non-hydrogen) atoms. The van der Waals surface area contributed by atoms with Crippen molar-refractivity contribution in [3.05, 3.63) is 71.0 Å². The Kier molecular flexibility index (Phi) is 4.62. The van der Waals surface area contributed by atoms with Crippen LogP contribution in [0.3, 0.4) is 0 Å². The first kappa shape index (κ1) is 19.2. The van der Waals surface area contributed by atoms with Gasteiger partial charge in [-0.3, -0.25) is 9.59 Å². The largest absolute Gasteiger partial charge is 0.369 e. The number of aryl methyl sites for hydroxylation is 1. The van der Waals surface area contributed by atoms with E-state index in [9.17, 15) is 14.0 Å². The maximum atomic E-state index is 13.8. The van der Waals surface area contributed by atoms with Crippen molar-refractivity contribution in [2.75, 3.05) is 19.6 Å². The summed E-state index contributed by atoms with van der Waals surface area (Å²) in [6, 6.07) is 13.9. The summed E-state index contributed by atoms with van der Waals surface area (Å²) in [4.78, 5) is 27.4. The summed E-state index contributed by atoms with van der Waals surface area (Å²) in [5.41, 5.74) is 1.24. The first-order chi connectivity index (χ1) is 14.5. The molecule has 156 valence electrons. The topological polar surface area (TPSA) is 58.6 Å². The maximum Gasteiger partial charge on any atom is 0.253 e. The van der Waals surface area contributed by atoms with Crippen molar-refractivity contribution in [1.29, 1.82) is 0 Å². The van der Waals surface area contributed by atoms with Gasteiger partial charge < -0.3 is 15.0 Å². The molecule has 1 spiro atoms. The van der Waals surface area contributed by atoms with Gasteiger partial charge in [0.2, 0.25) is 0 Å². The van der Waals surface area contributed by atoms with Gasteiger partial charge in [0.1, 0.15) is 5.82 Å². The number of fused-ring (bicyclic) bond motifs is 1. The molecule has 0 aromatic heterocycles. The minimum atomic E-state index is -0.379. The quantitative estimate of drug-likeness (QED) is 0.845. The Labute approximate surface area is 175 Å². The number of likely N-dealkylation sites (tertiary alicyclic amines) is 1. The third-order valence-electron chi connectivity index (χ3n) is 7.02. The highest BCUT2D eigenvalue weighted by Gasteiger charge is 2.63. The second kappa shape index (κ2) is 7.20. The zero-order valence-electron chi connectivity index (χ0n) is 16.9. The van der Waals surface area contributed by atoms with Gasteiger partial charge >= 0.3 is 0 Å². The van der Waals surface area contributed by atoms with E-state index in [1.807, 2.05) is 35.2 Å². The molecule has 5 nitrogen and oxygen atoms in total. The fraction of sp³-hybridized carbons (Fsp3) is 0.417. The molecule has 0 saturated carbocycles. The van der Waals surface area contributed by atoms with Gasteiger partial charge in [0.15, 0.2) is 0 Å². The smallest absolute Gasteiger partial charge is 0.253 e. The van der Waals surface area contributed by atoms with Gasteiger partial charge in [0.25, 0.3) is 11.8 Å². The number of nitrogens with one attached hydrogen (secondary N) is 1. The molecule has 5 rings (SSSR count). The lowest BCUT2D eigenvalue weighted by Gasteiger charge is -2.29. The van der Waals surface area contributed by atoms with Crippen LogP contribution in [0.15, 0.2) is 48.5 Å². The molecule has 0 unspecified atom stereocenters. The Hall–Kier alpha value is -2.73. The van der Waals surface area contributed by atoms with Crippen molar-refractivity contribution in [2.45, 2.75) is 31.5 Å². The van der Waals surface area contributed by atoms with E-state index >= 15 is 0 Å². The highest BCUT2D eigenvalue weighted by Crippen LogP contribution is 2.54. The van der Waals surface area contributed by atoms with Crippen LogP contribution in [-0.2, 0) is 4.74 Å². The van der Waals surface area contributed by atoms with Crippen molar-refractivity contribution >= 4 is 11.8 Å². The standard InChI is InChI=1S/C24H25FN2O3/c1-15-7-8-17(11-20(15)25)22(28)26-12-18-19-13-27(14-24(19)10-9-21(18)30-24)23(29)16-5-3-2-4-6-16/h2-8,11,18-19,21H,9-10,12-14H2,1H3,(H,26,28)/t18-,19+,21+,24+/m0/s1. The third kappa shape index (κ3) is 3.10. The van der Waals surface area contributed by atoms with Crippen LogP contribution >= 0.6 is 0 Å². The van der Waals surface area contributed by atoms with Gasteiger partial charge in [-0.2, -0.15) is 0 Å². The second-order valence-electron chi connectivity index (χ2n) is 8.76. The lowest BCUT2D eigenvalue weighted by Crippen LogP contribution is -2.41. The Balaban J connectivity index is 1.28. The Morgan fingerprint density at radius 3 is 2.77 bits per heavy atom. The van der Waals surface area contributed by atoms with Gasteiger partial charge in [-0.05, 0) is 49.6 Å². The molecule has 3 aliphatic heterocycles. The predicted molar refractivity (Wildman–Crippen MR) is 110 cm³/mol. The van der Waals surface area contributed by atoms with Crippen LogP contribution in [0.25, 0.3) is 0 Å². The molecule has 2 bridgehead atoms. The van der Waals surface area contributed by atoms with Crippen molar-refractivity contribution in [3.8, 4) is 0 Å². The van der Waals surface area contributed by atoms with Gasteiger partial charge in [-0.1, -0.05) is 24.3 Å².